The maximum atomic E-state index is 4.32. The zero-order chi connectivity index (χ0) is 11.8. The molecule has 84 valence electrons. The van der Waals surface area contributed by atoms with Crippen molar-refractivity contribution in [1.82, 2.24) is 34.8 Å². The number of nitrogens with zero attached hydrogens (tertiary/aromatic N) is 7. The largest absolute Gasteiger partial charge is 0.271 e. The molecule has 0 spiro atoms. The molecule has 7 nitrogen and oxygen atoms in total. The van der Waals surface area contributed by atoms with E-state index in [1.165, 1.54) is 6.33 Å². The molecule has 3 rings (SSSR count). The summed E-state index contributed by atoms with van der Waals surface area (Å²) in [4.78, 5) is 12.4. The summed E-state index contributed by atoms with van der Waals surface area (Å²) < 4.78 is 1.64. The van der Waals surface area contributed by atoms with Crippen molar-refractivity contribution >= 4 is 5.78 Å². The summed E-state index contributed by atoms with van der Waals surface area (Å²) in [6.45, 7) is 3.74. The molecule has 3 aromatic heterocycles. The average Bonchev–Trinajstić information content (AvgIpc) is 2.78. The molecule has 7 heteroatoms. The summed E-state index contributed by atoms with van der Waals surface area (Å²) in [5, 5.41) is 12.2. The zero-order valence-corrected chi connectivity index (χ0v) is 9.36. The molecule has 0 saturated heterocycles. The van der Waals surface area contributed by atoms with Gasteiger partial charge < -0.3 is 0 Å². The standard InChI is InChI=1S/C10H9N7/c1-6-9(8-3-4-11-7(2)14-8)15-16-10-12-5-13-17(6)10/h3-5H,1-2H3. The topological polar surface area (TPSA) is 81.8 Å². The molecule has 0 bridgehead atoms. The fourth-order valence-electron chi connectivity index (χ4n) is 1.63. The zero-order valence-electron chi connectivity index (χ0n) is 9.36. The minimum Gasteiger partial charge on any atom is -0.242 e. The van der Waals surface area contributed by atoms with Gasteiger partial charge in [0.05, 0.1) is 11.4 Å². The van der Waals surface area contributed by atoms with Gasteiger partial charge in [0.1, 0.15) is 17.8 Å². The summed E-state index contributed by atoms with van der Waals surface area (Å²) in [7, 11) is 0. The molecule has 0 aliphatic rings. The number of hydrogen-bond acceptors (Lipinski definition) is 6. The maximum Gasteiger partial charge on any atom is 0.271 e. The molecule has 0 atom stereocenters. The molecule has 0 fully saturated rings. The fourth-order valence-corrected chi connectivity index (χ4v) is 1.63. The van der Waals surface area contributed by atoms with Crippen LogP contribution in [0.1, 0.15) is 11.5 Å². The highest BCUT2D eigenvalue weighted by atomic mass is 15.4. The van der Waals surface area contributed by atoms with Gasteiger partial charge in [0.25, 0.3) is 5.78 Å². The normalized spacial score (nSPS) is 10.9. The van der Waals surface area contributed by atoms with Crippen LogP contribution < -0.4 is 0 Å². The highest BCUT2D eigenvalue weighted by Gasteiger charge is 2.11. The molecule has 3 aromatic rings. The SMILES string of the molecule is Cc1nccc(-c2nnc3ncnn3c2C)n1. The molecule has 0 unspecified atom stereocenters. The number of aryl methyl sites for hydroxylation is 2. The average molecular weight is 227 g/mol. The molecule has 0 radical (unpaired) electrons. The molecule has 0 aliphatic heterocycles. The van der Waals surface area contributed by atoms with Crippen LogP contribution >= 0.6 is 0 Å². The van der Waals surface area contributed by atoms with Crippen LogP contribution in [0.4, 0.5) is 0 Å². The molecule has 0 N–H and O–H groups in total. The van der Waals surface area contributed by atoms with Gasteiger partial charge in [-0.15, -0.1) is 10.2 Å². The van der Waals surface area contributed by atoms with Gasteiger partial charge in [-0.25, -0.2) is 9.97 Å². The Morgan fingerprint density at radius 2 is 2.00 bits per heavy atom. The Bertz CT molecular complexity index is 688. The second-order valence-corrected chi connectivity index (χ2v) is 3.59. The van der Waals surface area contributed by atoms with E-state index in [0.717, 1.165) is 11.4 Å². The summed E-state index contributed by atoms with van der Waals surface area (Å²) >= 11 is 0. The van der Waals surface area contributed by atoms with Crippen molar-refractivity contribution in [1.29, 1.82) is 0 Å². The lowest BCUT2D eigenvalue weighted by Gasteiger charge is -2.04. The Morgan fingerprint density at radius 1 is 1.12 bits per heavy atom. The first-order valence-electron chi connectivity index (χ1n) is 5.09. The van der Waals surface area contributed by atoms with Gasteiger partial charge in [-0.2, -0.15) is 14.6 Å². The quantitative estimate of drug-likeness (QED) is 0.605. The molecule has 0 saturated carbocycles. The van der Waals surface area contributed by atoms with Gasteiger partial charge in [0.15, 0.2) is 0 Å². The van der Waals surface area contributed by atoms with Crippen LogP contribution in [0.2, 0.25) is 0 Å². The highest BCUT2D eigenvalue weighted by Crippen LogP contribution is 2.17. The van der Waals surface area contributed by atoms with Crippen LogP contribution in [0.5, 0.6) is 0 Å². The van der Waals surface area contributed by atoms with Crippen molar-refractivity contribution in [2.45, 2.75) is 13.8 Å². The molecule has 0 aliphatic carbocycles. The Labute approximate surface area is 96.6 Å². The molecule has 0 aromatic carbocycles. The Balaban J connectivity index is 2.27. The van der Waals surface area contributed by atoms with Gasteiger partial charge in [-0.3, -0.25) is 0 Å². The Morgan fingerprint density at radius 3 is 2.82 bits per heavy atom. The number of hydrogen-bond donors (Lipinski definition) is 0. The van der Waals surface area contributed by atoms with Gasteiger partial charge in [-0.05, 0) is 19.9 Å². The van der Waals surface area contributed by atoms with Crippen molar-refractivity contribution in [3.8, 4) is 11.4 Å². The van der Waals surface area contributed by atoms with Crippen LogP contribution in [0.15, 0.2) is 18.6 Å². The number of fused-ring (bicyclic) bond motifs is 1. The molecule has 0 amide bonds. The van der Waals surface area contributed by atoms with Crippen molar-refractivity contribution in [2.24, 2.45) is 0 Å². The van der Waals surface area contributed by atoms with E-state index in [4.69, 9.17) is 0 Å². The van der Waals surface area contributed by atoms with E-state index in [2.05, 4.69) is 30.2 Å². The van der Waals surface area contributed by atoms with Crippen LogP contribution in [-0.4, -0.2) is 34.8 Å². The Kier molecular flexibility index (Phi) is 2.04. The number of rotatable bonds is 1. The van der Waals surface area contributed by atoms with Crippen molar-refractivity contribution < 1.29 is 0 Å². The van der Waals surface area contributed by atoms with Gasteiger partial charge in [0.2, 0.25) is 0 Å². The highest BCUT2D eigenvalue weighted by molar-refractivity contribution is 5.56. The van der Waals surface area contributed by atoms with E-state index < -0.39 is 0 Å². The predicted octanol–water partition coefficient (Wildman–Crippen LogP) is 0.593. The van der Waals surface area contributed by atoms with Crippen LogP contribution in [0.25, 0.3) is 17.2 Å². The number of aromatic nitrogens is 7. The monoisotopic (exact) mass is 227 g/mol. The summed E-state index contributed by atoms with van der Waals surface area (Å²) in [6.07, 6.45) is 3.15. The minimum atomic E-state index is 0.483. The first kappa shape index (κ1) is 9.76. The van der Waals surface area contributed by atoms with E-state index in [0.29, 0.717) is 17.3 Å². The maximum absolute atomic E-state index is 4.32. The van der Waals surface area contributed by atoms with Gasteiger partial charge in [-0.1, -0.05) is 0 Å². The summed E-state index contributed by atoms with van der Waals surface area (Å²) in [6, 6.07) is 1.80. The predicted molar refractivity (Wildman–Crippen MR) is 59.1 cm³/mol. The third kappa shape index (κ3) is 1.52. The summed E-state index contributed by atoms with van der Waals surface area (Å²) in [5.74, 6) is 1.18. The Hall–Kier alpha value is -2.44. The minimum absolute atomic E-state index is 0.483. The lowest BCUT2D eigenvalue weighted by Crippen LogP contribution is -2.04. The third-order valence-corrected chi connectivity index (χ3v) is 2.45. The summed E-state index contributed by atoms with van der Waals surface area (Å²) in [5.41, 5.74) is 2.28. The van der Waals surface area contributed by atoms with E-state index in [-0.39, 0.29) is 0 Å². The van der Waals surface area contributed by atoms with Gasteiger partial charge >= 0.3 is 0 Å². The van der Waals surface area contributed by atoms with E-state index in [1.54, 1.807) is 16.8 Å². The molecule has 3 heterocycles. The van der Waals surface area contributed by atoms with Crippen molar-refractivity contribution in [3.05, 3.63) is 30.1 Å². The first-order valence-corrected chi connectivity index (χ1v) is 5.09. The third-order valence-electron chi connectivity index (χ3n) is 2.45. The molecule has 17 heavy (non-hydrogen) atoms. The van der Waals surface area contributed by atoms with Crippen LogP contribution in [-0.2, 0) is 0 Å². The second kappa shape index (κ2) is 3.55. The van der Waals surface area contributed by atoms with Crippen molar-refractivity contribution in [3.63, 3.8) is 0 Å². The van der Waals surface area contributed by atoms with Gasteiger partial charge in [0, 0.05) is 6.20 Å². The second-order valence-electron chi connectivity index (χ2n) is 3.59. The fraction of sp³-hybridized carbons (Fsp3) is 0.200. The first-order chi connectivity index (χ1) is 8.25. The smallest absolute Gasteiger partial charge is 0.242 e. The lowest BCUT2D eigenvalue weighted by molar-refractivity contribution is 0.848. The van der Waals surface area contributed by atoms with Crippen LogP contribution in [0, 0.1) is 13.8 Å². The van der Waals surface area contributed by atoms with E-state index in [9.17, 15) is 0 Å². The van der Waals surface area contributed by atoms with Crippen molar-refractivity contribution in [2.75, 3.05) is 0 Å². The lowest BCUT2D eigenvalue weighted by atomic mass is 10.2. The molecular formula is C10H9N7. The molecular weight excluding hydrogens is 218 g/mol. The van der Waals surface area contributed by atoms with Crippen LogP contribution in [0.3, 0.4) is 0 Å². The van der Waals surface area contributed by atoms with E-state index in [1.807, 2.05) is 13.8 Å². The van der Waals surface area contributed by atoms with E-state index >= 15 is 0 Å².